The van der Waals surface area contributed by atoms with Crippen molar-refractivity contribution in [1.82, 2.24) is 29.9 Å². The summed E-state index contributed by atoms with van der Waals surface area (Å²) in [6.07, 6.45) is 4.97. The molecule has 132 valence electrons. The second kappa shape index (κ2) is 7.09. The highest BCUT2D eigenvalue weighted by molar-refractivity contribution is 6.30. The molecule has 1 fully saturated rings. The van der Waals surface area contributed by atoms with E-state index in [1.165, 1.54) is 23.4 Å². The average molecular weight is 371 g/mol. The molecule has 0 saturated carbocycles. The Labute approximate surface area is 154 Å². The molecule has 3 heterocycles. The Hall–Kier alpha value is -3.00. The predicted molar refractivity (Wildman–Crippen MR) is 93.3 cm³/mol. The highest BCUT2D eigenvalue weighted by Gasteiger charge is 2.30. The van der Waals surface area contributed by atoms with Crippen LogP contribution in [0.15, 0.2) is 48.9 Å². The van der Waals surface area contributed by atoms with Gasteiger partial charge in [-0.2, -0.15) is 9.90 Å². The van der Waals surface area contributed by atoms with Crippen LogP contribution in [0.3, 0.4) is 0 Å². The fourth-order valence-electron chi connectivity index (χ4n) is 2.73. The minimum absolute atomic E-state index is 0.163. The van der Waals surface area contributed by atoms with Crippen molar-refractivity contribution >= 4 is 17.5 Å². The molecule has 0 radical (unpaired) electrons. The molecule has 0 aliphatic carbocycles. The third-order valence-electron chi connectivity index (χ3n) is 4.00. The number of ether oxygens (including phenoxy) is 1. The number of amides is 1. The Morgan fingerprint density at radius 1 is 1.15 bits per heavy atom. The van der Waals surface area contributed by atoms with E-state index in [4.69, 9.17) is 16.3 Å². The smallest absolute Gasteiger partial charge is 0.316 e. The number of nitrogens with zero attached hydrogens (tertiary/aromatic N) is 6. The lowest BCUT2D eigenvalue weighted by atomic mass is 10.3. The minimum atomic E-state index is -0.171. The molecule has 1 aromatic carbocycles. The molecule has 0 unspecified atom stereocenters. The van der Waals surface area contributed by atoms with Crippen molar-refractivity contribution < 1.29 is 9.53 Å². The van der Waals surface area contributed by atoms with Crippen molar-refractivity contribution in [2.75, 3.05) is 13.1 Å². The molecule has 26 heavy (non-hydrogen) atoms. The van der Waals surface area contributed by atoms with E-state index in [2.05, 4.69) is 20.2 Å². The van der Waals surface area contributed by atoms with Gasteiger partial charge >= 0.3 is 6.01 Å². The summed E-state index contributed by atoms with van der Waals surface area (Å²) >= 11 is 5.76. The van der Waals surface area contributed by atoms with Crippen LogP contribution in [0.1, 0.15) is 16.9 Å². The highest BCUT2D eigenvalue weighted by atomic mass is 35.5. The summed E-state index contributed by atoms with van der Waals surface area (Å²) in [4.78, 5) is 23.8. The first-order valence-electron chi connectivity index (χ1n) is 8.10. The molecule has 1 atom stereocenters. The van der Waals surface area contributed by atoms with E-state index >= 15 is 0 Å². The first-order valence-corrected chi connectivity index (χ1v) is 8.48. The van der Waals surface area contributed by atoms with Crippen LogP contribution in [0.5, 0.6) is 6.01 Å². The van der Waals surface area contributed by atoms with Gasteiger partial charge in [-0.15, -0.1) is 5.10 Å². The third-order valence-corrected chi connectivity index (χ3v) is 4.19. The zero-order chi connectivity index (χ0) is 17.9. The van der Waals surface area contributed by atoms with Crippen LogP contribution in [0.25, 0.3) is 5.69 Å². The van der Waals surface area contributed by atoms with Crippen LogP contribution in [0.4, 0.5) is 0 Å². The van der Waals surface area contributed by atoms with Gasteiger partial charge in [0.25, 0.3) is 5.91 Å². The Morgan fingerprint density at radius 2 is 1.92 bits per heavy atom. The fourth-order valence-corrected chi connectivity index (χ4v) is 2.83. The summed E-state index contributed by atoms with van der Waals surface area (Å²) in [6.45, 7) is 1.03. The Kier molecular flexibility index (Phi) is 4.49. The lowest BCUT2D eigenvalue weighted by molar-refractivity contribution is 0.0763. The molecule has 0 N–H and O–H groups in total. The standard InChI is InChI=1S/C17H15ClN6O2/c18-12-8-19-17(20-9-12)26-14-6-7-23(11-14)16(25)15-10-21-24(22-15)13-4-2-1-3-5-13/h1-5,8-10,14H,6-7,11H2/t14-/m0/s1. The van der Waals surface area contributed by atoms with Crippen LogP contribution in [-0.4, -0.2) is 55.0 Å². The van der Waals surface area contributed by atoms with Gasteiger partial charge in [0.05, 0.1) is 35.8 Å². The predicted octanol–water partition coefficient (Wildman–Crippen LogP) is 2.00. The van der Waals surface area contributed by atoms with E-state index in [-0.39, 0.29) is 18.0 Å². The van der Waals surface area contributed by atoms with Crippen molar-refractivity contribution in [3.8, 4) is 11.7 Å². The molecular formula is C17H15ClN6O2. The van der Waals surface area contributed by atoms with Gasteiger partial charge in [0, 0.05) is 13.0 Å². The number of hydrogen-bond acceptors (Lipinski definition) is 6. The number of carbonyl (C=O) groups is 1. The Morgan fingerprint density at radius 3 is 2.69 bits per heavy atom. The number of carbonyl (C=O) groups excluding carboxylic acids is 1. The molecule has 0 spiro atoms. The molecule has 2 aromatic heterocycles. The second-order valence-corrected chi connectivity index (χ2v) is 6.25. The molecule has 8 nitrogen and oxygen atoms in total. The topological polar surface area (TPSA) is 86.0 Å². The van der Waals surface area contributed by atoms with Crippen molar-refractivity contribution in [1.29, 1.82) is 0 Å². The van der Waals surface area contributed by atoms with E-state index in [1.807, 2.05) is 30.3 Å². The molecule has 1 aliphatic rings. The van der Waals surface area contributed by atoms with Crippen molar-refractivity contribution in [3.05, 3.63) is 59.6 Å². The van der Waals surface area contributed by atoms with Gasteiger partial charge < -0.3 is 9.64 Å². The zero-order valence-corrected chi connectivity index (χ0v) is 14.5. The first kappa shape index (κ1) is 16.5. The summed E-state index contributed by atoms with van der Waals surface area (Å²) < 4.78 is 5.71. The van der Waals surface area contributed by atoms with E-state index in [0.29, 0.717) is 30.2 Å². The number of benzene rings is 1. The van der Waals surface area contributed by atoms with Crippen molar-refractivity contribution in [2.45, 2.75) is 12.5 Å². The molecule has 1 saturated heterocycles. The van der Waals surface area contributed by atoms with Crippen LogP contribution in [0.2, 0.25) is 5.02 Å². The quantitative estimate of drug-likeness (QED) is 0.698. The number of halogens is 1. The largest absolute Gasteiger partial charge is 0.458 e. The van der Waals surface area contributed by atoms with Gasteiger partial charge in [-0.05, 0) is 12.1 Å². The number of rotatable bonds is 4. The summed E-state index contributed by atoms with van der Waals surface area (Å²) in [5, 5.41) is 8.89. The number of likely N-dealkylation sites (tertiary alicyclic amines) is 1. The number of hydrogen-bond donors (Lipinski definition) is 0. The van der Waals surface area contributed by atoms with Crippen LogP contribution < -0.4 is 4.74 Å². The Balaban J connectivity index is 1.40. The highest BCUT2D eigenvalue weighted by Crippen LogP contribution is 2.17. The SMILES string of the molecule is O=C(c1cnn(-c2ccccc2)n1)N1CC[C@H](Oc2ncc(Cl)cn2)C1. The van der Waals surface area contributed by atoms with Gasteiger partial charge in [-0.1, -0.05) is 29.8 Å². The van der Waals surface area contributed by atoms with Gasteiger partial charge in [0.1, 0.15) is 6.10 Å². The van der Waals surface area contributed by atoms with Gasteiger partial charge in [-0.3, -0.25) is 4.79 Å². The minimum Gasteiger partial charge on any atom is -0.458 e. The van der Waals surface area contributed by atoms with E-state index in [9.17, 15) is 4.79 Å². The fraction of sp³-hybridized carbons (Fsp3) is 0.235. The maximum absolute atomic E-state index is 12.6. The molecule has 3 aromatic rings. The summed E-state index contributed by atoms with van der Waals surface area (Å²) in [6, 6.07) is 9.69. The summed E-state index contributed by atoms with van der Waals surface area (Å²) in [5.41, 5.74) is 1.10. The monoisotopic (exact) mass is 370 g/mol. The van der Waals surface area contributed by atoms with Gasteiger partial charge in [0.15, 0.2) is 5.69 Å². The summed E-state index contributed by atoms with van der Waals surface area (Å²) in [7, 11) is 0. The van der Waals surface area contributed by atoms with E-state index in [1.54, 1.807) is 4.90 Å². The average Bonchev–Trinajstić information content (AvgIpc) is 3.34. The number of aromatic nitrogens is 5. The van der Waals surface area contributed by atoms with Crippen LogP contribution in [-0.2, 0) is 0 Å². The maximum atomic E-state index is 12.6. The van der Waals surface area contributed by atoms with E-state index in [0.717, 1.165) is 5.69 Å². The maximum Gasteiger partial charge on any atom is 0.316 e. The second-order valence-electron chi connectivity index (χ2n) is 5.82. The molecular weight excluding hydrogens is 356 g/mol. The first-order chi connectivity index (χ1) is 12.7. The molecule has 4 rings (SSSR count). The van der Waals surface area contributed by atoms with Gasteiger partial charge in [-0.25, -0.2) is 9.97 Å². The molecule has 1 amide bonds. The zero-order valence-electron chi connectivity index (χ0n) is 13.7. The van der Waals surface area contributed by atoms with Crippen LogP contribution >= 0.6 is 11.6 Å². The molecule has 0 bridgehead atoms. The molecule has 9 heteroatoms. The lowest BCUT2D eigenvalue weighted by Gasteiger charge is -2.15. The van der Waals surface area contributed by atoms with Gasteiger partial charge in [0.2, 0.25) is 0 Å². The third kappa shape index (κ3) is 3.50. The summed E-state index contributed by atoms with van der Waals surface area (Å²) in [5.74, 6) is -0.171. The van der Waals surface area contributed by atoms with Crippen molar-refractivity contribution in [3.63, 3.8) is 0 Å². The number of para-hydroxylation sites is 1. The van der Waals surface area contributed by atoms with Crippen LogP contribution in [0, 0.1) is 0 Å². The van der Waals surface area contributed by atoms with Crippen molar-refractivity contribution in [2.24, 2.45) is 0 Å². The van der Waals surface area contributed by atoms with E-state index < -0.39 is 0 Å². The normalized spacial score (nSPS) is 16.7. The Bertz CT molecular complexity index is 899. The lowest BCUT2D eigenvalue weighted by Crippen LogP contribution is -2.31. The molecule has 1 aliphatic heterocycles.